The SMILES string of the molecule is CCOC(=O)CCNC(=O)CC(NC(=O)Nc1ccc(N(N)N)cc1)c1cccnc1. The number of carbonyl (C=O) groups excluding carboxylic acids is 3. The zero-order valence-electron chi connectivity index (χ0n) is 17.2. The monoisotopic (exact) mass is 429 g/mol. The quantitative estimate of drug-likeness (QED) is 0.212. The van der Waals surface area contributed by atoms with Crippen LogP contribution in [0.15, 0.2) is 48.8 Å². The van der Waals surface area contributed by atoms with Crippen molar-refractivity contribution in [3.8, 4) is 0 Å². The number of pyridine rings is 1. The Morgan fingerprint density at radius 1 is 1.16 bits per heavy atom. The number of hydrazine groups is 2. The lowest BCUT2D eigenvalue weighted by Crippen LogP contribution is -2.38. The van der Waals surface area contributed by atoms with Crippen molar-refractivity contribution in [3.05, 3.63) is 54.4 Å². The van der Waals surface area contributed by atoms with Gasteiger partial charge in [-0.05, 0) is 42.8 Å². The second-order valence-corrected chi connectivity index (χ2v) is 6.50. The topological polar surface area (TPSA) is 165 Å². The molecular weight excluding hydrogens is 402 g/mol. The Kier molecular flexibility index (Phi) is 9.20. The summed E-state index contributed by atoms with van der Waals surface area (Å²) in [6.07, 6.45) is 3.21. The second-order valence-electron chi connectivity index (χ2n) is 6.50. The lowest BCUT2D eigenvalue weighted by molar-refractivity contribution is -0.143. The third kappa shape index (κ3) is 8.28. The van der Waals surface area contributed by atoms with E-state index in [2.05, 4.69) is 20.9 Å². The van der Waals surface area contributed by atoms with Crippen molar-refractivity contribution in [2.24, 2.45) is 11.7 Å². The van der Waals surface area contributed by atoms with Gasteiger partial charge in [-0.25, -0.2) is 21.6 Å². The number of esters is 1. The predicted octanol–water partition coefficient (Wildman–Crippen LogP) is 0.958. The van der Waals surface area contributed by atoms with E-state index in [-0.39, 0.29) is 37.9 Å². The van der Waals surface area contributed by atoms with Crippen molar-refractivity contribution >= 4 is 29.3 Å². The van der Waals surface area contributed by atoms with E-state index in [1.165, 1.54) is 0 Å². The number of ether oxygens (including phenoxy) is 1. The summed E-state index contributed by atoms with van der Waals surface area (Å²) in [6, 6.07) is 8.92. The summed E-state index contributed by atoms with van der Waals surface area (Å²) in [4.78, 5) is 40.2. The van der Waals surface area contributed by atoms with E-state index < -0.39 is 12.1 Å². The summed E-state index contributed by atoms with van der Waals surface area (Å²) in [5, 5.41) is 9.07. The summed E-state index contributed by atoms with van der Waals surface area (Å²) in [7, 11) is 0. The first-order valence-electron chi connectivity index (χ1n) is 9.68. The Hall–Kier alpha value is -3.70. The fourth-order valence-corrected chi connectivity index (χ4v) is 2.67. The van der Waals surface area contributed by atoms with Gasteiger partial charge in [0.15, 0.2) is 0 Å². The lowest BCUT2D eigenvalue weighted by atomic mass is 10.1. The highest BCUT2D eigenvalue weighted by Crippen LogP contribution is 2.17. The van der Waals surface area contributed by atoms with Crippen LogP contribution in [0, 0.1) is 0 Å². The Bertz CT molecular complexity index is 860. The highest BCUT2D eigenvalue weighted by molar-refractivity contribution is 5.90. The summed E-state index contributed by atoms with van der Waals surface area (Å²) in [5.74, 6) is 10.2. The Morgan fingerprint density at radius 2 is 1.90 bits per heavy atom. The fourth-order valence-electron chi connectivity index (χ4n) is 2.67. The van der Waals surface area contributed by atoms with Crippen molar-refractivity contribution in [2.45, 2.75) is 25.8 Å². The molecule has 0 fully saturated rings. The molecule has 31 heavy (non-hydrogen) atoms. The number of nitrogens with zero attached hydrogens (tertiary/aromatic N) is 2. The van der Waals surface area contributed by atoms with E-state index in [0.29, 0.717) is 16.9 Å². The summed E-state index contributed by atoms with van der Waals surface area (Å²) in [5.41, 5.74) is 1.75. The molecule has 11 nitrogen and oxygen atoms in total. The molecule has 0 saturated heterocycles. The van der Waals surface area contributed by atoms with Crippen LogP contribution in [0.25, 0.3) is 0 Å². The Labute approximate surface area is 180 Å². The normalized spacial score (nSPS) is 11.2. The number of aromatic nitrogens is 1. The maximum Gasteiger partial charge on any atom is 0.319 e. The van der Waals surface area contributed by atoms with Crippen LogP contribution < -0.4 is 32.8 Å². The minimum Gasteiger partial charge on any atom is -0.466 e. The number of amides is 3. The van der Waals surface area contributed by atoms with Gasteiger partial charge in [0.25, 0.3) is 0 Å². The number of nitrogens with two attached hydrogens (primary N) is 2. The van der Waals surface area contributed by atoms with Crippen LogP contribution in [0.4, 0.5) is 16.2 Å². The highest BCUT2D eigenvalue weighted by atomic mass is 16.5. The number of nitrogens with one attached hydrogen (secondary N) is 3. The minimum atomic E-state index is -0.626. The predicted molar refractivity (Wildman–Crippen MR) is 115 cm³/mol. The van der Waals surface area contributed by atoms with Crippen molar-refractivity contribution in [1.82, 2.24) is 15.6 Å². The van der Waals surface area contributed by atoms with Crippen molar-refractivity contribution in [2.75, 3.05) is 23.6 Å². The molecule has 0 bridgehead atoms. The number of anilines is 2. The van der Waals surface area contributed by atoms with Crippen LogP contribution in [0.1, 0.15) is 31.4 Å². The first-order chi connectivity index (χ1) is 14.9. The van der Waals surface area contributed by atoms with Crippen LogP contribution in [0.2, 0.25) is 0 Å². The van der Waals surface area contributed by atoms with Gasteiger partial charge < -0.3 is 20.7 Å². The Balaban J connectivity index is 1.96. The average molecular weight is 429 g/mol. The highest BCUT2D eigenvalue weighted by Gasteiger charge is 2.19. The number of carbonyl (C=O) groups is 3. The summed E-state index contributed by atoms with van der Waals surface area (Å²) < 4.78 is 4.82. The number of rotatable bonds is 10. The zero-order chi connectivity index (χ0) is 22.6. The van der Waals surface area contributed by atoms with Crippen molar-refractivity contribution in [3.63, 3.8) is 0 Å². The minimum absolute atomic E-state index is 0.0316. The van der Waals surface area contributed by atoms with Crippen LogP contribution in [0.3, 0.4) is 0 Å². The first kappa shape index (κ1) is 23.6. The van der Waals surface area contributed by atoms with E-state index in [9.17, 15) is 14.4 Å². The maximum atomic E-state index is 12.5. The molecule has 166 valence electrons. The van der Waals surface area contributed by atoms with Crippen LogP contribution in [-0.4, -0.2) is 36.0 Å². The molecule has 1 aromatic carbocycles. The summed E-state index contributed by atoms with van der Waals surface area (Å²) >= 11 is 0. The van der Waals surface area contributed by atoms with Crippen LogP contribution in [-0.2, 0) is 14.3 Å². The molecule has 0 saturated carbocycles. The smallest absolute Gasteiger partial charge is 0.319 e. The van der Waals surface area contributed by atoms with Gasteiger partial charge >= 0.3 is 12.0 Å². The van der Waals surface area contributed by atoms with Crippen LogP contribution >= 0.6 is 0 Å². The third-order valence-corrected chi connectivity index (χ3v) is 4.16. The zero-order valence-corrected chi connectivity index (χ0v) is 17.2. The van der Waals surface area contributed by atoms with Crippen molar-refractivity contribution in [1.29, 1.82) is 0 Å². The molecule has 1 heterocycles. The van der Waals surface area contributed by atoms with Gasteiger partial charge in [-0.2, -0.15) is 0 Å². The Morgan fingerprint density at radius 3 is 2.52 bits per heavy atom. The molecule has 0 aliphatic heterocycles. The maximum absolute atomic E-state index is 12.5. The molecule has 0 aliphatic carbocycles. The number of hydrogen-bond acceptors (Lipinski definition) is 8. The lowest BCUT2D eigenvalue weighted by Gasteiger charge is -2.19. The van der Waals surface area contributed by atoms with E-state index in [4.69, 9.17) is 16.4 Å². The average Bonchev–Trinajstić information content (AvgIpc) is 2.74. The van der Waals surface area contributed by atoms with Gasteiger partial charge in [0.2, 0.25) is 5.91 Å². The standard InChI is InChI=1S/C20H27N7O4/c1-2-31-19(29)9-11-24-18(28)12-17(14-4-3-10-23-13-14)26-20(30)25-15-5-7-16(8-6-15)27(21)22/h3-8,10,13,17H,2,9,11-12,21-22H2,1H3,(H,24,28)(H2,25,26,30). The molecule has 1 unspecified atom stereocenters. The van der Waals surface area contributed by atoms with Gasteiger partial charge in [-0.3, -0.25) is 14.6 Å². The molecule has 1 aromatic heterocycles. The second kappa shape index (κ2) is 12.1. The molecule has 0 spiro atoms. The van der Waals surface area contributed by atoms with Gasteiger partial charge in [0.1, 0.15) is 0 Å². The molecule has 0 aliphatic rings. The van der Waals surface area contributed by atoms with E-state index in [1.807, 2.05) is 0 Å². The fraction of sp³-hybridized carbons (Fsp3) is 0.300. The van der Waals surface area contributed by atoms with E-state index in [1.54, 1.807) is 55.7 Å². The van der Waals surface area contributed by atoms with Crippen LogP contribution in [0.5, 0.6) is 0 Å². The van der Waals surface area contributed by atoms with Gasteiger partial charge in [0, 0.05) is 24.6 Å². The number of benzene rings is 1. The number of hydrogen-bond donors (Lipinski definition) is 5. The molecule has 7 N–H and O–H groups in total. The molecule has 11 heteroatoms. The molecule has 1 atom stereocenters. The van der Waals surface area contributed by atoms with E-state index >= 15 is 0 Å². The van der Waals surface area contributed by atoms with E-state index in [0.717, 1.165) is 5.12 Å². The molecule has 2 aromatic rings. The van der Waals surface area contributed by atoms with Gasteiger partial charge in [0.05, 0.1) is 31.2 Å². The van der Waals surface area contributed by atoms with Crippen molar-refractivity contribution < 1.29 is 19.1 Å². The van der Waals surface area contributed by atoms with Gasteiger partial charge in [-0.1, -0.05) is 6.07 Å². The summed E-state index contributed by atoms with van der Waals surface area (Å²) in [6.45, 7) is 2.15. The molecular formula is C20H27N7O4. The molecule has 0 radical (unpaired) electrons. The molecule has 2 rings (SSSR count). The number of urea groups is 1. The first-order valence-corrected chi connectivity index (χ1v) is 9.68. The molecule has 3 amide bonds. The largest absolute Gasteiger partial charge is 0.466 e. The van der Waals surface area contributed by atoms with Gasteiger partial charge in [-0.15, -0.1) is 0 Å². The third-order valence-electron chi connectivity index (χ3n) is 4.16.